The first-order chi connectivity index (χ1) is 9.08. The Morgan fingerprint density at radius 2 is 1.89 bits per heavy atom. The monoisotopic (exact) mass is 263 g/mol. The highest BCUT2D eigenvalue weighted by molar-refractivity contribution is 5.77. The molecule has 1 aromatic heterocycles. The fourth-order valence-electron chi connectivity index (χ4n) is 2.63. The van der Waals surface area contributed by atoms with Crippen molar-refractivity contribution >= 4 is 5.91 Å². The van der Waals surface area contributed by atoms with Crippen LogP contribution in [0.5, 0.6) is 0 Å². The molecule has 0 bridgehead atoms. The van der Waals surface area contributed by atoms with Gasteiger partial charge in [-0.2, -0.15) is 0 Å². The first-order valence-electron chi connectivity index (χ1n) is 6.78. The summed E-state index contributed by atoms with van der Waals surface area (Å²) in [5.74, 6) is 1.27. The van der Waals surface area contributed by atoms with Crippen LogP contribution in [-0.2, 0) is 11.2 Å². The highest BCUT2D eigenvalue weighted by Gasteiger charge is 2.23. The largest absolute Gasteiger partial charge is 0.387 e. The summed E-state index contributed by atoms with van der Waals surface area (Å²) in [7, 11) is 0. The topological polar surface area (TPSA) is 66.3 Å². The van der Waals surface area contributed by atoms with Crippen molar-refractivity contribution in [2.45, 2.75) is 33.1 Å². The van der Waals surface area contributed by atoms with Crippen LogP contribution in [0.4, 0.5) is 0 Å². The van der Waals surface area contributed by atoms with Gasteiger partial charge < -0.3 is 10.0 Å². The SMILES string of the molecule is Cc1cc(C)nc(CC2CCN(C(=O)CO)CC2)n1. The van der Waals surface area contributed by atoms with Gasteiger partial charge in [0.15, 0.2) is 0 Å². The number of carbonyl (C=O) groups is 1. The lowest BCUT2D eigenvalue weighted by Crippen LogP contribution is -2.40. The maximum Gasteiger partial charge on any atom is 0.248 e. The van der Waals surface area contributed by atoms with Crippen LogP contribution in [0, 0.1) is 19.8 Å². The number of piperidine rings is 1. The predicted molar refractivity (Wildman–Crippen MR) is 71.6 cm³/mol. The minimum absolute atomic E-state index is 0.166. The number of amides is 1. The molecule has 0 radical (unpaired) electrons. The van der Waals surface area contributed by atoms with Crippen molar-refractivity contribution in [1.82, 2.24) is 14.9 Å². The number of aliphatic hydroxyl groups excluding tert-OH is 1. The average molecular weight is 263 g/mol. The second-order valence-electron chi connectivity index (χ2n) is 5.25. The van der Waals surface area contributed by atoms with Gasteiger partial charge in [-0.25, -0.2) is 9.97 Å². The third kappa shape index (κ3) is 3.73. The summed E-state index contributed by atoms with van der Waals surface area (Å²) in [6.45, 7) is 5.05. The Labute approximate surface area is 113 Å². The maximum atomic E-state index is 11.4. The molecule has 0 saturated carbocycles. The Morgan fingerprint density at radius 3 is 2.42 bits per heavy atom. The molecule has 1 aliphatic heterocycles. The molecular formula is C14H21N3O2. The molecule has 2 rings (SSSR count). The quantitative estimate of drug-likeness (QED) is 0.878. The van der Waals surface area contributed by atoms with Gasteiger partial charge in [-0.1, -0.05) is 0 Å². The molecule has 5 nitrogen and oxygen atoms in total. The second kappa shape index (κ2) is 6.10. The lowest BCUT2D eigenvalue weighted by atomic mass is 9.93. The highest BCUT2D eigenvalue weighted by Crippen LogP contribution is 2.20. The van der Waals surface area contributed by atoms with Gasteiger partial charge in [-0.3, -0.25) is 4.79 Å². The van der Waals surface area contributed by atoms with E-state index < -0.39 is 0 Å². The van der Waals surface area contributed by atoms with Gasteiger partial charge in [0.1, 0.15) is 12.4 Å². The summed E-state index contributed by atoms with van der Waals surface area (Å²) in [6.07, 6.45) is 2.80. The smallest absolute Gasteiger partial charge is 0.248 e. The van der Waals surface area contributed by atoms with Crippen LogP contribution in [0.2, 0.25) is 0 Å². The third-order valence-electron chi connectivity index (χ3n) is 3.60. The van der Waals surface area contributed by atoms with Gasteiger partial charge in [0.2, 0.25) is 5.91 Å². The minimum Gasteiger partial charge on any atom is -0.387 e. The van der Waals surface area contributed by atoms with E-state index in [1.54, 1.807) is 4.90 Å². The second-order valence-corrected chi connectivity index (χ2v) is 5.25. The van der Waals surface area contributed by atoms with Crippen molar-refractivity contribution in [3.05, 3.63) is 23.3 Å². The van der Waals surface area contributed by atoms with E-state index in [4.69, 9.17) is 5.11 Å². The molecule has 0 unspecified atom stereocenters. The number of nitrogens with zero attached hydrogens (tertiary/aromatic N) is 3. The van der Waals surface area contributed by atoms with Crippen molar-refractivity contribution in [2.24, 2.45) is 5.92 Å². The molecule has 19 heavy (non-hydrogen) atoms. The lowest BCUT2D eigenvalue weighted by Gasteiger charge is -2.31. The van der Waals surface area contributed by atoms with E-state index in [0.29, 0.717) is 5.92 Å². The van der Waals surface area contributed by atoms with E-state index in [-0.39, 0.29) is 12.5 Å². The van der Waals surface area contributed by atoms with Crippen molar-refractivity contribution in [3.8, 4) is 0 Å². The van der Waals surface area contributed by atoms with E-state index in [2.05, 4.69) is 9.97 Å². The first-order valence-corrected chi connectivity index (χ1v) is 6.78. The molecule has 1 saturated heterocycles. The summed E-state index contributed by atoms with van der Waals surface area (Å²) >= 11 is 0. The third-order valence-corrected chi connectivity index (χ3v) is 3.60. The summed E-state index contributed by atoms with van der Waals surface area (Å²) in [6, 6.07) is 1.98. The van der Waals surface area contributed by atoms with Gasteiger partial charge in [0.05, 0.1) is 0 Å². The van der Waals surface area contributed by atoms with Gasteiger partial charge >= 0.3 is 0 Å². The standard InChI is InChI=1S/C14H21N3O2/c1-10-7-11(2)16-13(15-10)8-12-3-5-17(6-4-12)14(19)9-18/h7,12,18H,3-6,8-9H2,1-2H3. The number of aryl methyl sites for hydroxylation is 2. The van der Waals surface area contributed by atoms with Crippen molar-refractivity contribution in [2.75, 3.05) is 19.7 Å². The molecule has 1 fully saturated rings. The molecule has 5 heteroatoms. The zero-order valence-corrected chi connectivity index (χ0v) is 11.6. The zero-order valence-electron chi connectivity index (χ0n) is 11.6. The molecule has 0 aliphatic carbocycles. The summed E-state index contributed by atoms with van der Waals surface area (Å²) in [5, 5.41) is 8.84. The van der Waals surface area contributed by atoms with Crippen LogP contribution in [0.3, 0.4) is 0 Å². The van der Waals surface area contributed by atoms with E-state index in [1.807, 2.05) is 19.9 Å². The van der Waals surface area contributed by atoms with Crippen LogP contribution in [0.1, 0.15) is 30.1 Å². The number of aliphatic hydroxyl groups is 1. The van der Waals surface area contributed by atoms with Gasteiger partial charge in [-0.15, -0.1) is 0 Å². The number of carbonyl (C=O) groups excluding carboxylic acids is 1. The molecule has 2 heterocycles. The Bertz CT molecular complexity index is 434. The average Bonchev–Trinajstić information content (AvgIpc) is 2.37. The van der Waals surface area contributed by atoms with Crippen molar-refractivity contribution in [1.29, 1.82) is 0 Å². The molecule has 1 N–H and O–H groups in total. The fraction of sp³-hybridized carbons (Fsp3) is 0.643. The number of hydrogen-bond donors (Lipinski definition) is 1. The zero-order chi connectivity index (χ0) is 13.8. The van der Waals surface area contributed by atoms with Crippen LogP contribution in [0.15, 0.2) is 6.07 Å². The van der Waals surface area contributed by atoms with Crippen LogP contribution < -0.4 is 0 Å². The molecule has 104 valence electrons. The highest BCUT2D eigenvalue weighted by atomic mass is 16.3. The predicted octanol–water partition coefficient (Wildman–Crippen LogP) is 0.867. The van der Waals surface area contributed by atoms with Crippen molar-refractivity contribution < 1.29 is 9.90 Å². The summed E-state index contributed by atoms with van der Waals surface area (Å²) in [4.78, 5) is 22.0. The number of rotatable bonds is 3. The summed E-state index contributed by atoms with van der Waals surface area (Å²) < 4.78 is 0. The normalized spacial score (nSPS) is 16.7. The Morgan fingerprint density at radius 1 is 1.32 bits per heavy atom. The number of hydrogen-bond acceptors (Lipinski definition) is 4. The minimum atomic E-state index is -0.384. The van der Waals surface area contributed by atoms with E-state index in [1.165, 1.54) is 0 Å². The molecule has 0 aromatic carbocycles. The maximum absolute atomic E-state index is 11.4. The lowest BCUT2D eigenvalue weighted by molar-refractivity contribution is -0.135. The first kappa shape index (κ1) is 13.9. The van der Waals surface area contributed by atoms with Gasteiger partial charge in [0, 0.05) is 30.9 Å². The Hall–Kier alpha value is -1.49. The Balaban J connectivity index is 1.90. The molecule has 1 aliphatic rings. The molecule has 1 amide bonds. The Kier molecular flexibility index (Phi) is 4.47. The van der Waals surface area contributed by atoms with Crippen LogP contribution in [0.25, 0.3) is 0 Å². The molecular weight excluding hydrogens is 242 g/mol. The van der Waals surface area contributed by atoms with Crippen molar-refractivity contribution in [3.63, 3.8) is 0 Å². The number of aromatic nitrogens is 2. The van der Waals surface area contributed by atoms with E-state index >= 15 is 0 Å². The molecule has 0 atom stereocenters. The van der Waals surface area contributed by atoms with E-state index in [0.717, 1.165) is 49.6 Å². The van der Waals surface area contributed by atoms with Crippen LogP contribution in [-0.4, -0.2) is 45.6 Å². The fourth-order valence-corrected chi connectivity index (χ4v) is 2.63. The molecule has 0 spiro atoms. The number of likely N-dealkylation sites (tertiary alicyclic amines) is 1. The van der Waals surface area contributed by atoms with E-state index in [9.17, 15) is 4.79 Å². The van der Waals surface area contributed by atoms with Gasteiger partial charge in [-0.05, 0) is 38.7 Å². The summed E-state index contributed by atoms with van der Waals surface area (Å²) in [5.41, 5.74) is 2.02. The van der Waals surface area contributed by atoms with Gasteiger partial charge in [0.25, 0.3) is 0 Å². The molecule has 1 aromatic rings. The van der Waals surface area contributed by atoms with Crippen LogP contribution >= 0.6 is 0 Å².